The van der Waals surface area contributed by atoms with Crippen molar-refractivity contribution in [2.75, 3.05) is 5.32 Å². The number of nitrogens with zero attached hydrogens (tertiary/aromatic N) is 3. The van der Waals surface area contributed by atoms with E-state index in [9.17, 15) is 4.79 Å². The second kappa shape index (κ2) is 7.93. The second-order valence-electron chi connectivity index (χ2n) is 5.73. The van der Waals surface area contributed by atoms with Gasteiger partial charge in [0, 0.05) is 23.0 Å². The Labute approximate surface area is 156 Å². The summed E-state index contributed by atoms with van der Waals surface area (Å²) in [5.74, 6) is 0.746. The van der Waals surface area contributed by atoms with Crippen molar-refractivity contribution >= 4 is 29.0 Å². The van der Waals surface area contributed by atoms with E-state index in [-0.39, 0.29) is 11.6 Å². The van der Waals surface area contributed by atoms with E-state index < -0.39 is 0 Å². The van der Waals surface area contributed by atoms with Crippen LogP contribution in [0.15, 0.2) is 48.7 Å². The number of anilines is 2. The molecule has 2 heterocycles. The van der Waals surface area contributed by atoms with E-state index in [2.05, 4.69) is 25.6 Å². The molecule has 7 heteroatoms. The molecule has 0 aliphatic carbocycles. The fraction of sp³-hybridized carbons (Fsp3) is 0.158. The molecule has 3 aromatic rings. The molecule has 0 atom stereocenters. The molecular weight excluding hydrogens is 350 g/mol. The summed E-state index contributed by atoms with van der Waals surface area (Å²) in [5.41, 5.74) is 2.80. The van der Waals surface area contributed by atoms with Crippen molar-refractivity contribution < 1.29 is 4.79 Å². The standard InChI is InChI=1S/C19H18ClN5O/c1-12-15(20)7-5-8-16(12)25-18-10-17(23-13(2)24-18)19(26)22-11-14-6-3-4-9-21-14/h3-10H,11H2,1-2H3,(H,22,26)(H,23,24,25). The number of aromatic nitrogens is 3. The Morgan fingerprint density at radius 3 is 2.73 bits per heavy atom. The van der Waals surface area contributed by atoms with E-state index >= 15 is 0 Å². The molecule has 2 aromatic heterocycles. The maximum absolute atomic E-state index is 12.4. The van der Waals surface area contributed by atoms with Crippen molar-refractivity contribution in [3.8, 4) is 0 Å². The summed E-state index contributed by atoms with van der Waals surface area (Å²) in [6.07, 6.45) is 1.69. The first-order chi connectivity index (χ1) is 12.5. The zero-order valence-corrected chi connectivity index (χ0v) is 15.2. The summed E-state index contributed by atoms with van der Waals surface area (Å²) in [6, 6.07) is 12.7. The van der Waals surface area contributed by atoms with Crippen LogP contribution >= 0.6 is 11.6 Å². The Balaban J connectivity index is 1.76. The minimum absolute atomic E-state index is 0.285. The quantitative estimate of drug-likeness (QED) is 0.716. The molecule has 1 amide bonds. The van der Waals surface area contributed by atoms with Crippen molar-refractivity contribution in [2.45, 2.75) is 20.4 Å². The highest BCUT2D eigenvalue weighted by molar-refractivity contribution is 6.31. The first-order valence-corrected chi connectivity index (χ1v) is 8.46. The molecule has 26 heavy (non-hydrogen) atoms. The molecule has 132 valence electrons. The topological polar surface area (TPSA) is 79.8 Å². The molecular formula is C19H18ClN5O. The van der Waals surface area contributed by atoms with E-state index in [1.807, 2.05) is 43.3 Å². The lowest BCUT2D eigenvalue weighted by atomic mass is 10.2. The van der Waals surface area contributed by atoms with Gasteiger partial charge in [0.1, 0.15) is 17.3 Å². The Morgan fingerprint density at radius 1 is 1.12 bits per heavy atom. The van der Waals surface area contributed by atoms with Crippen LogP contribution in [0, 0.1) is 13.8 Å². The van der Waals surface area contributed by atoms with Crippen LogP contribution in [0.4, 0.5) is 11.5 Å². The summed E-state index contributed by atoms with van der Waals surface area (Å²) < 4.78 is 0. The van der Waals surface area contributed by atoms with Crippen LogP contribution in [-0.4, -0.2) is 20.9 Å². The zero-order valence-electron chi connectivity index (χ0n) is 14.5. The summed E-state index contributed by atoms with van der Waals surface area (Å²) in [6.45, 7) is 3.99. The Hall–Kier alpha value is -2.99. The number of carbonyl (C=O) groups is 1. The lowest BCUT2D eigenvalue weighted by Crippen LogP contribution is -2.24. The SMILES string of the molecule is Cc1nc(Nc2cccc(Cl)c2C)cc(C(=O)NCc2ccccn2)n1. The van der Waals surface area contributed by atoms with Crippen LogP contribution in [0.1, 0.15) is 27.6 Å². The predicted octanol–water partition coefficient (Wildman–Crippen LogP) is 3.82. The second-order valence-corrected chi connectivity index (χ2v) is 6.13. The fourth-order valence-electron chi connectivity index (χ4n) is 2.39. The number of nitrogens with one attached hydrogen (secondary N) is 2. The van der Waals surface area contributed by atoms with E-state index in [0.717, 1.165) is 16.9 Å². The molecule has 0 saturated carbocycles. The monoisotopic (exact) mass is 367 g/mol. The molecule has 0 fully saturated rings. The molecule has 0 spiro atoms. The molecule has 0 aliphatic heterocycles. The third-order valence-electron chi connectivity index (χ3n) is 3.76. The van der Waals surface area contributed by atoms with Gasteiger partial charge in [0.25, 0.3) is 5.91 Å². The Bertz CT molecular complexity index is 930. The first kappa shape index (κ1) is 17.8. The van der Waals surface area contributed by atoms with E-state index in [1.54, 1.807) is 19.2 Å². The number of pyridine rings is 1. The lowest BCUT2D eigenvalue weighted by Gasteiger charge is -2.11. The third-order valence-corrected chi connectivity index (χ3v) is 4.17. The van der Waals surface area contributed by atoms with Crippen molar-refractivity contribution in [2.24, 2.45) is 0 Å². The van der Waals surface area contributed by atoms with Crippen molar-refractivity contribution in [3.63, 3.8) is 0 Å². The molecule has 0 saturated heterocycles. The number of amides is 1. The summed E-state index contributed by atoms with van der Waals surface area (Å²) in [7, 11) is 0. The highest BCUT2D eigenvalue weighted by Gasteiger charge is 2.12. The van der Waals surface area contributed by atoms with Gasteiger partial charge in [0.2, 0.25) is 0 Å². The summed E-state index contributed by atoms with van der Waals surface area (Å²) in [4.78, 5) is 25.2. The number of hydrogen-bond donors (Lipinski definition) is 2. The minimum atomic E-state index is -0.285. The molecule has 2 N–H and O–H groups in total. The molecule has 0 radical (unpaired) electrons. The van der Waals surface area contributed by atoms with Gasteiger partial charge in [-0.1, -0.05) is 23.7 Å². The number of carbonyl (C=O) groups excluding carboxylic acids is 1. The van der Waals surface area contributed by atoms with Crippen LogP contribution in [0.5, 0.6) is 0 Å². The number of benzene rings is 1. The van der Waals surface area contributed by atoms with Gasteiger partial charge in [-0.25, -0.2) is 9.97 Å². The molecule has 0 unspecified atom stereocenters. The van der Waals surface area contributed by atoms with Crippen molar-refractivity contribution in [1.82, 2.24) is 20.3 Å². The highest BCUT2D eigenvalue weighted by Crippen LogP contribution is 2.25. The maximum atomic E-state index is 12.4. The van der Waals surface area contributed by atoms with E-state index in [0.29, 0.717) is 23.2 Å². The number of hydrogen-bond acceptors (Lipinski definition) is 5. The molecule has 0 bridgehead atoms. The number of halogens is 1. The normalized spacial score (nSPS) is 10.4. The largest absolute Gasteiger partial charge is 0.345 e. The van der Waals surface area contributed by atoms with E-state index in [4.69, 9.17) is 11.6 Å². The highest BCUT2D eigenvalue weighted by atomic mass is 35.5. The minimum Gasteiger partial charge on any atom is -0.345 e. The van der Waals surface area contributed by atoms with E-state index in [1.165, 1.54) is 0 Å². The molecule has 1 aromatic carbocycles. The number of rotatable bonds is 5. The molecule has 6 nitrogen and oxygen atoms in total. The fourth-order valence-corrected chi connectivity index (χ4v) is 2.57. The first-order valence-electron chi connectivity index (χ1n) is 8.09. The lowest BCUT2D eigenvalue weighted by molar-refractivity contribution is 0.0945. The van der Waals surface area contributed by atoms with Crippen LogP contribution in [0.2, 0.25) is 5.02 Å². The summed E-state index contributed by atoms with van der Waals surface area (Å²) >= 11 is 6.15. The van der Waals surface area contributed by atoms with Gasteiger partial charge < -0.3 is 10.6 Å². The van der Waals surface area contributed by atoms with Gasteiger partial charge in [-0.05, 0) is 43.7 Å². The zero-order chi connectivity index (χ0) is 18.5. The van der Waals surface area contributed by atoms with Gasteiger partial charge in [-0.3, -0.25) is 9.78 Å². The summed E-state index contributed by atoms with van der Waals surface area (Å²) in [5, 5.41) is 6.67. The van der Waals surface area contributed by atoms with Gasteiger partial charge in [0.15, 0.2) is 0 Å². The van der Waals surface area contributed by atoms with Crippen LogP contribution in [0.3, 0.4) is 0 Å². The van der Waals surface area contributed by atoms with Gasteiger partial charge in [-0.15, -0.1) is 0 Å². The molecule has 3 rings (SSSR count). The average molecular weight is 368 g/mol. The Kier molecular flexibility index (Phi) is 5.43. The van der Waals surface area contributed by atoms with Crippen molar-refractivity contribution in [3.05, 3.63) is 76.5 Å². The predicted molar refractivity (Wildman–Crippen MR) is 102 cm³/mol. The number of aryl methyl sites for hydroxylation is 1. The van der Waals surface area contributed by atoms with Gasteiger partial charge >= 0.3 is 0 Å². The van der Waals surface area contributed by atoms with Gasteiger partial charge in [-0.2, -0.15) is 0 Å². The third kappa shape index (κ3) is 4.34. The smallest absolute Gasteiger partial charge is 0.270 e. The van der Waals surface area contributed by atoms with Gasteiger partial charge in [0.05, 0.1) is 12.2 Å². The average Bonchev–Trinajstić information content (AvgIpc) is 2.64. The van der Waals surface area contributed by atoms with Crippen LogP contribution in [-0.2, 0) is 6.54 Å². The Morgan fingerprint density at radius 2 is 1.96 bits per heavy atom. The van der Waals surface area contributed by atoms with Crippen LogP contribution < -0.4 is 10.6 Å². The van der Waals surface area contributed by atoms with Crippen molar-refractivity contribution in [1.29, 1.82) is 0 Å². The maximum Gasteiger partial charge on any atom is 0.270 e. The van der Waals surface area contributed by atoms with Crippen LogP contribution in [0.25, 0.3) is 0 Å². The molecule has 0 aliphatic rings.